The molecule has 1 aliphatic carbocycles. The van der Waals surface area contributed by atoms with Crippen molar-refractivity contribution in [3.63, 3.8) is 0 Å². The molecule has 1 aromatic rings. The summed E-state index contributed by atoms with van der Waals surface area (Å²) in [5.41, 5.74) is 6.88. The van der Waals surface area contributed by atoms with Crippen molar-refractivity contribution in [3.8, 4) is 0 Å². The maximum Gasteiger partial charge on any atom is 0.127 e. The van der Waals surface area contributed by atoms with Gasteiger partial charge in [0, 0.05) is 30.9 Å². The SMILES string of the molecule is Nc1ncccc1CN(CCO)C1CCC1. The number of aliphatic hydroxyl groups excluding tert-OH is 1. The second-order valence-electron chi connectivity index (χ2n) is 4.33. The van der Waals surface area contributed by atoms with Crippen LogP contribution in [0.1, 0.15) is 24.8 Å². The average Bonchev–Trinajstić information content (AvgIpc) is 2.19. The fourth-order valence-corrected chi connectivity index (χ4v) is 2.07. The van der Waals surface area contributed by atoms with Gasteiger partial charge in [-0.05, 0) is 18.9 Å². The van der Waals surface area contributed by atoms with Gasteiger partial charge in [0.2, 0.25) is 0 Å². The van der Waals surface area contributed by atoms with E-state index in [9.17, 15) is 0 Å². The number of rotatable bonds is 5. The standard InChI is InChI=1S/C12H19N3O/c13-12-10(3-2-6-14-12)9-15(7-8-16)11-4-1-5-11/h2-3,6,11,16H,1,4-5,7-9H2,(H2,13,14). The van der Waals surface area contributed by atoms with Crippen LogP contribution >= 0.6 is 0 Å². The van der Waals surface area contributed by atoms with Gasteiger partial charge in [-0.1, -0.05) is 12.5 Å². The second-order valence-corrected chi connectivity index (χ2v) is 4.33. The van der Waals surface area contributed by atoms with Gasteiger partial charge in [-0.2, -0.15) is 0 Å². The highest BCUT2D eigenvalue weighted by Crippen LogP contribution is 2.26. The lowest BCUT2D eigenvalue weighted by Crippen LogP contribution is -2.41. The third-order valence-electron chi connectivity index (χ3n) is 3.28. The number of nitrogen functional groups attached to an aromatic ring is 1. The minimum Gasteiger partial charge on any atom is -0.395 e. The van der Waals surface area contributed by atoms with Crippen LogP contribution in [-0.4, -0.2) is 34.2 Å². The molecule has 1 saturated carbocycles. The Labute approximate surface area is 96.1 Å². The summed E-state index contributed by atoms with van der Waals surface area (Å²) >= 11 is 0. The number of pyridine rings is 1. The average molecular weight is 221 g/mol. The zero-order valence-corrected chi connectivity index (χ0v) is 9.47. The van der Waals surface area contributed by atoms with Gasteiger partial charge in [0.25, 0.3) is 0 Å². The normalized spacial score (nSPS) is 16.4. The molecule has 0 bridgehead atoms. The molecule has 0 unspecified atom stereocenters. The maximum absolute atomic E-state index is 9.06. The Morgan fingerprint density at radius 2 is 2.31 bits per heavy atom. The molecular formula is C12H19N3O. The molecule has 2 rings (SSSR count). The Morgan fingerprint density at radius 3 is 2.88 bits per heavy atom. The van der Waals surface area contributed by atoms with E-state index in [0.717, 1.165) is 18.7 Å². The van der Waals surface area contributed by atoms with Gasteiger partial charge < -0.3 is 10.8 Å². The first kappa shape index (κ1) is 11.4. The lowest BCUT2D eigenvalue weighted by Gasteiger charge is -2.37. The van der Waals surface area contributed by atoms with Crippen LogP contribution in [0, 0.1) is 0 Å². The van der Waals surface area contributed by atoms with Gasteiger partial charge in [-0.25, -0.2) is 4.98 Å². The van der Waals surface area contributed by atoms with Gasteiger partial charge >= 0.3 is 0 Å². The van der Waals surface area contributed by atoms with E-state index in [1.54, 1.807) is 6.20 Å². The largest absolute Gasteiger partial charge is 0.395 e. The highest BCUT2D eigenvalue weighted by atomic mass is 16.3. The number of aromatic nitrogens is 1. The fourth-order valence-electron chi connectivity index (χ4n) is 2.07. The summed E-state index contributed by atoms with van der Waals surface area (Å²) < 4.78 is 0. The van der Waals surface area contributed by atoms with Crippen molar-refractivity contribution in [2.24, 2.45) is 0 Å². The molecule has 88 valence electrons. The summed E-state index contributed by atoms with van der Waals surface area (Å²) in [5.74, 6) is 0.602. The predicted molar refractivity (Wildman–Crippen MR) is 63.8 cm³/mol. The van der Waals surface area contributed by atoms with Crippen LogP contribution in [-0.2, 0) is 6.54 Å². The number of hydrogen-bond donors (Lipinski definition) is 2. The van der Waals surface area contributed by atoms with Crippen molar-refractivity contribution in [3.05, 3.63) is 23.9 Å². The van der Waals surface area contributed by atoms with Crippen molar-refractivity contribution in [2.45, 2.75) is 31.8 Å². The summed E-state index contributed by atoms with van der Waals surface area (Å²) in [6.07, 6.45) is 5.48. The maximum atomic E-state index is 9.06. The molecule has 0 aliphatic heterocycles. The van der Waals surface area contributed by atoms with Crippen molar-refractivity contribution in [2.75, 3.05) is 18.9 Å². The van der Waals surface area contributed by atoms with Gasteiger partial charge in [-0.15, -0.1) is 0 Å². The molecule has 0 radical (unpaired) electrons. The van der Waals surface area contributed by atoms with Crippen LogP contribution in [0.25, 0.3) is 0 Å². The van der Waals surface area contributed by atoms with Crippen molar-refractivity contribution < 1.29 is 5.11 Å². The minimum absolute atomic E-state index is 0.205. The lowest BCUT2D eigenvalue weighted by molar-refractivity contribution is 0.0947. The van der Waals surface area contributed by atoms with E-state index in [4.69, 9.17) is 10.8 Å². The topological polar surface area (TPSA) is 62.4 Å². The van der Waals surface area contributed by atoms with Crippen LogP contribution < -0.4 is 5.73 Å². The minimum atomic E-state index is 0.205. The fraction of sp³-hybridized carbons (Fsp3) is 0.583. The molecule has 1 aromatic heterocycles. The smallest absolute Gasteiger partial charge is 0.127 e. The number of nitrogens with zero attached hydrogens (tertiary/aromatic N) is 2. The van der Waals surface area contributed by atoms with E-state index in [2.05, 4.69) is 9.88 Å². The van der Waals surface area contributed by atoms with E-state index < -0.39 is 0 Å². The molecule has 0 saturated heterocycles. The van der Waals surface area contributed by atoms with E-state index in [1.165, 1.54) is 19.3 Å². The first-order valence-electron chi connectivity index (χ1n) is 5.85. The highest BCUT2D eigenvalue weighted by molar-refractivity contribution is 5.38. The van der Waals surface area contributed by atoms with Crippen LogP contribution in [0.3, 0.4) is 0 Å². The molecule has 0 atom stereocenters. The van der Waals surface area contributed by atoms with Gasteiger partial charge in [0.1, 0.15) is 5.82 Å². The molecule has 4 heteroatoms. The van der Waals surface area contributed by atoms with Gasteiger partial charge in [-0.3, -0.25) is 4.90 Å². The first-order chi connectivity index (χ1) is 7.81. The van der Waals surface area contributed by atoms with Crippen molar-refractivity contribution >= 4 is 5.82 Å². The number of aliphatic hydroxyl groups is 1. The Hall–Kier alpha value is -1.13. The Bertz CT molecular complexity index is 339. The molecule has 1 heterocycles. The molecule has 1 fully saturated rings. The van der Waals surface area contributed by atoms with Crippen molar-refractivity contribution in [1.29, 1.82) is 0 Å². The summed E-state index contributed by atoms with van der Waals surface area (Å²) in [7, 11) is 0. The zero-order valence-electron chi connectivity index (χ0n) is 9.47. The Balaban J connectivity index is 2.01. The lowest BCUT2D eigenvalue weighted by atomic mass is 9.91. The van der Waals surface area contributed by atoms with Crippen molar-refractivity contribution in [1.82, 2.24) is 9.88 Å². The molecular weight excluding hydrogens is 202 g/mol. The molecule has 16 heavy (non-hydrogen) atoms. The van der Waals surface area contributed by atoms with Crippen LogP contribution in [0.2, 0.25) is 0 Å². The van der Waals surface area contributed by atoms with Crippen LogP contribution in [0.5, 0.6) is 0 Å². The third kappa shape index (κ3) is 2.51. The first-order valence-corrected chi connectivity index (χ1v) is 5.85. The molecule has 0 amide bonds. The second kappa shape index (κ2) is 5.27. The summed E-state index contributed by atoms with van der Waals surface area (Å²) in [4.78, 5) is 6.39. The highest BCUT2D eigenvalue weighted by Gasteiger charge is 2.24. The summed E-state index contributed by atoms with van der Waals surface area (Å²) in [6, 6.07) is 4.53. The van der Waals surface area contributed by atoms with Crippen LogP contribution in [0.4, 0.5) is 5.82 Å². The van der Waals surface area contributed by atoms with E-state index in [-0.39, 0.29) is 6.61 Å². The third-order valence-corrected chi connectivity index (χ3v) is 3.28. The predicted octanol–water partition coefficient (Wildman–Crippen LogP) is 1.01. The van der Waals surface area contributed by atoms with E-state index >= 15 is 0 Å². The summed E-state index contributed by atoms with van der Waals surface area (Å²) in [6.45, 7) is 1.72. The number of hydrogen-bond acceptors (Lipinski definition) is 4. The molecule has 1 aliphatic rings. The quantitative estimate of drug-likeness (QED) is 0.779. The van der Waals surface area contributed by atoms with E-state index in [1.807, 2.05) is 12.1 Å². The van der Waals surface area contributed by atoms with Gasteiger partial charge in [0.15, 0.2) is 0 Å². The van der Waals surface area contributed by atoms with E-state index in [0.29, 0.717) is 11.9 Å². The molecule has 4 nitrogen and oxygen atoms in total. The van der Waals surface area contributed by atoms with Crippen LogP contribution in [0.15, 0.2) is 18.3 Å². The zero-order chi connectivity index (χ0) is 11.4. The monoisotopic (exact) mass is 221 g/mol. The molecule has 3 N–H and O–H groups in total. The molecule has 0 spiro atoms. The molecule has 0 aromatic carbocycles. The Morgan fingerprint density at radius 1 is 1.50 bits per heavy atom. The number of nitrogens with two attached hydrogens (primary N) is 1. The van der Waals surface area contributed by atoms with Gasteiger partial charge in [0.05, 0.1) is 6.61 Å². The summed E-state index contributed by atoms with van der Waals surface area (Å²) in [5, 5.41) is 9.06. The Kier molecular flexibility index (Phi) is 3.74. The number of anilines is 1.